The Kier molecular flexibility index (Phi) is 3.63. The number of H-pyrrole nitrogens is 1. The molecule has 2 heterocycles. The van der Waals surface area contributed by atoms with Crippen molar-refractivity contribution in [3.05, 3.63) is 40.5 Å². The number of nitrogens with zero attached hydrogens (tertiary/aromatic N) is 1. The van der Waals surface area contributed by atoms with Crippen LogP contribution in [0.3, 0.4) is 0 Å². The van der Waals surface area contributed by atoms with Gasteiger partial charge < -0.3 is 15.0 Å². The molecule has 0 aliphatic rings. The second-order valence-corrected chi connectivity index (χ2v) is 4.47. The Morgan fingerprint density at radius 2 is 2.26 bits per heavy atom. The fourth-order valence-corrected chi connectivity index (χ4v) is 2.16. The van der Waals surface area contributed by atoms with Crippen LogP contribution in [0.5, 0.6) is 0 Å². The van der Waals surface area contributed by atoms with Crippen LogP contribution in [-0.4, -0.2) is 24.0 Å². The van der Waals surface area contributed by atoms with Crippen molar-refractivity contribution in [3.63, 3.8) is 0 Å². The van der Waals surface area contributed by atoms with E-state index in [4.69, 9.17) is 5.26 Å². The number of hydrogen-bond acceptors (Lipinski definition) is 5. The molecule has 0 aliphatic heterocycles. The van der Waals surface area contributed by atoms with Crippen LogP contribution in [0.2, 0.25) is 0 Å². The maximum atomic E-state index is 11.8. The van der Waals surface area contributed by atoms with Gasteiger partial charge in [0.1, 0.15) is 11.8 Å². The van der Waals surface area contributed by atoms with Crippen molar-refractivity contribution in [1.82, 2.24) is 4.98 Å². The maximum Gasteiger partial charge on any atom is 0.338 e. The fraction of sp³-hybridized carbons (Fsp3) is 0.0833. The van der Waals surface area contributed by atoms with Crippen molar-refractivity contribution < 1.29 is 14.3 Å². The van der Waals surface area contributed by atoms with E-state index in [0.717, 1.165) is 0 Å². The van der Waals surface area contributed by atoms with Gasteiger partial charge in [-0.25, -0.2) is 4.79 Å². The fourth-order valence-electron chi connectivity index (χ4n) is 1.40. The lowest BCUT2D eigenvalue weighted by Crippen LogP contribution is -2.11. The zero-order chi connectivity index (χ0) is 13.8. The number of ether oxygens (including phenoxy) is 1. The Bertz CT molecular complexity index is 666. The molecule has 0 aromatic carbocycles. The molecule has 7 heteroatoms. The number of methoxy groups -OCH3 is 1. The highest BCUT2D eigenvalue weighted by molar-refractivity contribution is 7.14. The third-order valence-electron chi connectivity index (χ3n) is 2.31. The number of aromatic amines is 1. The SMILES string of the molecule is COC(=O)c1csc(NC(=O)c2cc(C#N)c[nH]2)c1. The van der Waals surface area contributed by atoms with Crippen molar-refractivity contribution in [2.45, 2.75) is 0 Å². The molecule has 0 bridgehead atoms. The van der Waals surface area contributed by atoms with E-state index >= 15 is 0 Å². The first kappa shape index (κ1) is 12.9. The van der Waals surface area contributed by atoms with Crippen LogP contribution in [0.1, 0.15) is 26.4 Å². The Morgan fingerprint density at radius 3 is 2.89 bits per heavy atom. The summed E-state index contributed by atoms with van der Waals surface area (Å²) >= 11 is 1.22. The Balaban J connectivity index is 2.09. The topological polar surface area (TPSA) is 95.0 Å². The van der Waals surface area contributed by atoms with Crippen molar-refractivity contribution in [2.24, 2.45) is 0 Å². The number of hydrogen-bond donors (Lipinski definition) is 2. The molecular weight excluding hydrogens is 266 g/mol. The van der Waals surface area contributed by atoms with Gasteiger partial charge in [-0.3, -0.25) is 4.79 Å². The second kappa shape index (κ2) is 5.37. The minimum Gasteiger partial charge on any atom is -0.465 e. The van der Waals surface area contributed by atoms with Crippen LogP contribution in [0, 0.1) is 11.3 Å². The molecule has 0 atom stereocenters. The number of amides is 1. The molecule has 6 nitrogen and oxygen atoms in total. The smallest absolute Gasteiger partial charge is 0.338 e. The highest BCUT2D eigenvalue weighted by Gasteiger charge is 2.12. The molecule has 0 fully saturated rings. The predicted molar refractivity (Wildman–Crippen MR) is 69.1 cm³/mol. The first-order valence-corrected chi connectivity index (χ1v) is 6.08. The molecule has 0 spiro atoms. The van der Waals surface area contributed by atoms with Gasteiger partial charge in [-0.05, 0) is 12.1 Å². The van der Waals surface area contributed by atoms with Crippen molar-refractivity contribution in [1.29, 1.82) is 5.26 Å². The zero-order valence-corrected chi connectivity index (χ0v) is 10.7. The molecule has 0 saturated heterocycles. The van der Waals surface area contributed by atoms with E-state index in [1.807, 2.05) is 6.07 Å². The average molecular weight is 275 g/mol. The summed E-state index contributed by atoms with van der Waals surface area (Å²) in [4.78, 5) is 25.8. The Hall–Kier alpha value is -2.59. The van der Waals surface area contributed by atoms with E-state index < -0.39 is 5.97 Å². The van der Waals surface area contributed by atoms with Gasteiger partial charge in [-0.1, -0.05) is 0 Å². The van der Waals surface area contributed by atoms with Gasteiger partial charge >= 0.3 is 5.97 Å². The minimum absolute atomic E-state index is 0.282. The predicted octanol–water partition coefficient (Wildman–Crippen LogP) is 1.99. The first-order chi connectivity index (χ1) is 9.13. The van der Waals surface area contributed by atoms with Gasteiger partial charge in [0.15, 0.2) is 0 Å². The van der Waals surface area contributed by atoms with Crippen molar-refractivity contribution in [2.75, 3.05) is 12.4 Å². The molecule has 0 radical (unpaired) electrons. The first-order valence-electron chi connectivity index (χ1n) is 5.20. The van der Waals surface area contributed by atoms with E-state index in [1.165, 1.54) is 36.8 Å². The number of nitrogens with one attached hydrogen (secondary N) is 2. The molecule has 0 aliphatic carbocycles. The molecule has 2 N–H and O–H groups in total. The van der Waals surface area contributed by atoms with Gasteiger partial charge in [0, 0.05) is 11.6 Å². The van der Waals surface area contributed by atoms with Crippen LogP contribution >= 0.6 is 11.3 Å². The monoisotopic (exact) mass is 275 g/mol. The van der Waals surface area contributed by atoms with Gasteiger partial charge in [-0.15, -0.1) is 11.3 Å². The average Bonchev–Trinajstić information content (AvgIpc) is 3.06. The highest BCUT2D eigenvalue weighted by Crippen LogP contribution is 2.21. The van der Waals surface area contributed by atoms with Gasteiger partial charge in [0.05, 0.1) is 23.2 Å². The lowest BCUT2D eigenvalue weighted by Gasteiger charge is -1.99. The summed E-state index contributed by atoms with van der Waals surface area (Å²) in [5.74, 6) is -0.830. The number of rotatable bonds is 3. The molecule has 2 aromatic heterocycles. The van der Waals surface area contributed by atoms with Gasteiger partial charge in [-0.2, -0.15) is 5.26 Å². The highest BCUT2D eigenvalue weighted by atomic mass is 32.1. The molecule has 96 valence electrons. The number of thiophene rings is 1. The summed E-state index contributed by atoms with van der Waals surface area (Å²) in [6.45, 7) is 0. The molecule has 19 heavy (non-hydrogen) atoms. The summed E-state index contributed by atoms with van der Waals surface area (Å²) < 4.78 is 4.57. The number of anilines is 1. The van der Waals surface area contributed by atoms with Crippen LogP contribution in [-0.2, 0) is 4.74 Å². The van der Waals surface area contributed by atoms with Crippen LogP contribution < -0.4 is 5.32 Å². The normalized spacial score (nSPS) is 9.68. The molecule has 2 aromatic rings. The number of carbonyl (C=O) groups is 2. The molecule has 0 saturated carbocycles. The third-order valence-corrected chi connectivity index (χ3v) is 3.16. The Labute approximate surface area is 112 Å². The summed E-state index contributed by atoms with van der Waals surface area (Å²) in [6.07, 6.45) is 1.45. The number of esters is 1. The van der Waals surface area contributed by atoms with E-state index in [9.17, 15) is 9.59 Å². The lowest BCUT2D eigenvalue weighted by molar-refractivity contribution is 0.0601. The number of nitriles is 1. The number of aromatic nitrogens is 1. The van der Waals surface area contributed by atoms with Gasteiger partial charge in [0.2, 0.25) is 0 Å². The standard InChI is InChI=1S/C12H9N3O3S/c1-18-12(17)8-3-10(19-6-8)15-11(16)9-2-7(4-13)5-14-9/h2-3,5-6,14H,1H3,(H,15,16). The van der Waals surface area contributed by atoms with E-state index in [2.05, 4.69) is 15.0 Å². The molecule has 2 rings (SSSR count). The summed E-state index contributed by atoms with van der Waals surface area (Å²) in [5.41, 5.74) is 1.04. The lowest BCUT2D eigenvalue weighted by atomic mass is 10.3. The quantitative estimate of drug-likeness (QED) is 0.837. The number of carbonyl (C=O) groups excluding carboxylic acids is 2. The van der Waals surface area contributed by atoms with Crippen LogP contribution in [0.4, 0.5) is 5.00 Å². The Morgan fingerprint density at radius 1 is 1.47 bits per heavy atom. The van der Waals surface area contributed by atoms with E-state index in [1.54, 1.807) is 5.38 Å². The minimum atomic E-state index is -0.455. The maximum absolute atomic E-state index is 11.8. The van der Waals surface area contributed by atoms with E-state index in [-0.39, 0.29) is 11.6 Å². The summed E-state index contributed by atoms with van der Waals surface area (Å²) in [7, 11) is 1.29. The van der Waals surface area contributed by atoms with Crippen molar-refractivity contribution >= 4 is 28.2 Å². The molecule has 0 unspecified atom stereocenters. The van der Waals surface area contributed by atoms with Crippen molar-refractivity contribution in [3.8, 4) is 6.07 Å². The summed E-state index contributed by atoms with van der Waals surface area (Å²) in [5, 5.41) is 13.4. The van der Waals surface area contributed by atoms with Crippen LogP contribution in [0.15, 0.2) is 23.7 Å². The third kappa shape index (κ3) is 2.81. The molecular formula is C12H9N3O3S. The second-order valence-electron chi connectivity index (χ2n) is 3.56. The van der Waals surface area contributed by atoms with E-state index in [0.29, 0.717) is 16.1 Å². The molecule has 1 amide bonds. The van der Waals surface area contributed by atoms with Crippen LogP contribution in [0.25, 0.3) is 0 Å². The largest absolute Gasteiger partial charge is 0.465 e. The summed E-state index contributed by atoms with van der Waals surface area (Å²) in [6, 6.07) is 4.90. The zero-order valence-electron chi connectivity index (χ0n) is 9.89. The van der Waals surface area contributed by atoms with Gasteiger partial charge in [0.25, 0.3) is 5.91 Å².